The van der Waals surface area contributed by atoms with Crippen LogP contribution in [0.2, 0.25) is 0 Å². The topological polar surface area (TPSA) is 58.6 Å². The second kappa shape index (κ2) is 6.97. The van der Waals surface area contributed by atoms with Crippen LogP contribution in [-0.2, 0) is 10.2 Å². The highest BCUT2D eigenvalue weighted by Crippen LogP contribution is 2.37. The van der Waals surface area contributed by atoms with Gasteiger partial charge in [0.1, 0.15) is 12.4 Å². The van der Waals surface area contributed by atoms with Gasteiger partial charge >= 0.3 is 0 Å². The number of carbonyl (C=O) groups excluding carboxylic acids is 2. The van der Waals surface area contributed by atoms with Crippen molar-refractivity contribution >= 4 is 23.2 Å². The predicted octanol–water partition coefficient (Wildman–Crippen LogP) is 4.62. The van der Waals surface area contributed by atoms with Crippen LogP contribution >= 0.6 is 0 Å². The lowest BCUT2D eigenvalue weighted by Crippen LogP contribution is -2.39. The van der Waals surface area contributed by atoms with Crippen LogP contribution in [0.5, 0.6) is 5.75 Å². The van der Waals surface area contributed by atoms with Gasteiger partial charge in [-0.15, -0.1) is 0 Å². The van der Waals surface area contributed by atoms with E-state index in [4.69, 9.17) is 4.74 Å². The van der Waals surface area contributed by atoms with Gasteiger partial charge in [0.2, 0.25) is 5.91 Å². The van der Waals surface area contributed by atoms with Gasteiger partial charge in [0.15, 0.2) is 0 Å². The average molecular weight is 380 g/mol. The summed E-state index contributed by atoms with van der Waals surface area (Å²) in [7, 11) is 1.73. The van der Waals surface area contributed by atoms with Crippen LogP contribution < -0.4 is 15.0 Å². The van der Waals surface area contributed by atoms with E-state index in [1.165, 1.54) is 5.56 Å². The molecule has 148 valence electrons. The number of nitrogens with zero attached hydrogens (tertiary/aromatic N) is 1. The van der Waals surface area contributed by atoms with Crippen molar-refractivity contribution in [2.45, 2.75) is 40.0 Å². The Morgan fingerprint density at radius 1 is 1.11 bits per heavy atom. The highest BCUT2D eigenvalue weighted by atomic mass is 16.5. The van der Waals surface area contributed by atoms with Gasteiger partial charge in [0, 0.05) is 18.3 Å². The van der Waals surface area contributed by atoms with Crippen LogP contribution in [0.25, 0.3) is 0 Å². The molecule has 0 aromatic heterocycles. The zero-order chi connectivity index (χ0) is 20.7. The molecule has 2 aromatic rings. The molecule has 3 rings (SSSR count). The number of carbonyl (C=O) groups is 2. The number of fused-ring (bicyclic) bond motifs is 1. The Kier molecular flexibility index (Phi) is 4.96. The Balaban J connectivity index is 1.82. The van der Waals surface area contributed by atoms with Crippen molar-refractivity contribution in [3.8, 4) is 5.75 Å². The van der Waals surface area contributed by atoms with E-state index in [1.54, 1.807) is 30.1 Å². The van der Waals surface area contributed by atoms with Crippen LogP contribution in [0.3, 0.4) is 0 Å². The normalized spacial score (nSPS) is 16.1. The molecule has 5 nitrogen and oxygen atoms in total. The van der Waals surface area contributed by atoms with Gasteiger partial charge in [0.05, 0.1) is 11.1 Å². The lowest BCUT2D eigenvalue weighted by molar-refractivity contribution is -0.127. The minimum absolute atomic E-state index is 0.0208. The lowest BCUT2D eigenvalue weighted by Gasteiger charge is -2.24. The Bertz CT molecular complexity index is 908. The number of anilines is 2. The number of ether oxygens (including phenoxy) is 1. The van der Waals surface area contributed by atoms with Crippen molar-refractivity contribution < 1.29 is 14.3 Å². The van der Waals surface area contributed by atoms with Gasteiger partial charge in [-0.2, -0.15) is 0 Å². The maximum atomic E-state index is 12.7. The van der Waals surface area contributed by atoms with Crippen LogP contribution in [0.4, 0.5) is 11.4 Å². The van der Waals surface area contributed by atoms with Crippen molar-refractivity contribution in [1.82, 2.24) is 0 Å². The third-order valence-electron chi connectivity index (χ3n) is 5.06. The maximum absolute atomic E-state index is 12.7. The van der Waals surface area contributed by atoms with E-state index in [1.807, 2.05) is 38.1 Å². The van der Waals surface area contributed by atoms with Crippen molar-refractivity contribution in [1.29, 1.82) is 0 Å². The highest BCUT2D eigenvalue weighted by molar-refractivity contribution is 6.05. The fourth-order valence-corrected chi connectivity index (χ4v) is 3.19. The molecule has 0 saturated carbocycles. The smallest absolute Gasteiger partial charge is 0.255 e. The fraction of sp³-hybridized carbons (Fsp3) is 0.391. The molecule has 1 aliphatic heterocycles. The Hall–Kier alpha value is -2.82. The fourth-order valence-electron chi connectivity index (χ4n) is 3.19. The molecule has 0 spiro atoms. The summed E-state index contributed by atoms with van der Waals surface area (Å²) in [5, 5.41) is 2.91. The van der Waals surface area contributed by atoms with E-state index in [9.17, 15) is 9.59 Å². The number of hydrogen-bond donors (Lipinski definition) is 1. The quantitative estimate of drug-likeness (QED) is 0.827. The van der Waals surface area contributed by atoms with Gasteiger partial charge in [-0.05, 0) is 55.2 Å². The van der Waals surface area contributed by atoms with Crippen LogP contribution in [0.15, 0.2) is 42.5 Å². The van der Waals surface area contributed by atoms with Crippen molar-refractivity contribution in [3.63, 3.8) is 0 Å². The van der Waals surface area contributed by atoms with Gasteiger partial charge in [0.25, 0.3) is 5.91 Å². The van der Waals surface area contributed by atoms with Crippen LogP contribution in [0, 0.1) is 5.41 Å². The molecular formula is C23H28N2O3. The molecule has 0 atom stereocenters. The maximum Gasteiger partial charge on any atom is 0.255 e. The summed E-state index contributed by atoms with van der Waals surface area (Å²) < 4.78 is 5.82. The zero-order valence-corrected chi connectivity index (χ0v) is 17.4. The van der Waals surface area contributed by atoms with E-state index >= 15 is 0 Å². The number of amides is 2. The summed E-state index contributed by atoms with van der Waals surface area (Å²) in [6.45, 7) is 10.5. The molecule has 28 heavy (non-hydrogen) atoms. The van der Waals surface area contributed by atoms with Gasteiger partial charge < -0.3 is 15.0 Å². The van der Waals surface area contributed by atoms with E-state index < -0.39 is 5.41 Å². The molecule has 1 N–H and O–H groups in total. The van der Waals surface area contributed by atoms with E-state index in [-0.39, 0.29) is 17.2 Å². The molecule has 1 aliphatic rings. The third kappa shape index (κ3) is 3.88. The molecule has 0 saturated heterocycles. The second-order valence-corrected chi connectivity index (χ2v) is 9.00. The van der Waals surface area contributed by atoms with E-state index in [0.717, 1.165) is 0 Å². The molecule has 0 aliphatic carbocycles. The summed E-state index contributed by atoms with van der Waals surface area (Å²) in [5.41, 5.74) is 2.46. The summed E-state index contributed by atoms with van der Waals surface area (Å²) in [4.78, 5) is 26.9. The van der Waals surface area contributed by atoms with Crippen molar-refractivity contribution in [3.05, 3.63) is 53.6 Å². The molecular weight excluding hydrogens is 352 g/mol. The first-order valence-electron chi connectivity index (χ1n) is 9.46. The SMILES string of the molecule is CN1C(=O)C(C)(C)COc2ccc(NC(=O)c3ccc(C(C)(C)C)cc3)cc21. The molecule has 2 aromatic carbocycles. The van der Waals surface area contributed by atoms with Crippen LogP contribution in [-0.4, -0.2) is 25.5 Å². The first kappa shape index (κ1) is 19.9. The van der Waals surface area contributed by atoms with E-state index in [2.05, 4.69) is 26.1 Å². The van der Waals surface area contributed by atoms with Gasteiger partial charge in [-0.25, -0.2) is 0 Å². The summed E-state index contributed by atoms with van der Waals surface area (Å²) >= 11 is 0. The Labute approximate surface area is 166 Å². The minimum atomic E-state index is -0.605. The number of hydrogen-bond acceptors (Lipinski definition) is 3. The monoisotopic (exact) mass is 380 g/mol. The molecule has 2 amide bonds. The van der Waals surface area contributed by atoms with E-state index in [0.29, 0.717) is 29.3 Å². The van der Waals surface area contributed by atoms with Gasteiger partial charge in [-0.1, -0.05) is 32.9 Å². The molecule has 1 heterocycles. The largest absolute Gasteiger partial charge is 0.490 e. The average Bonchev–Trinajstić information content (AvgIpc) is 2.72. The lowest BCUT2D eigenvalue weighted by atomic mass is 9.87. The highest BCUT2D eigenvalue weighted by Gasteiger charge is 2.36. The minimum Gasteiger partial charge on any atom is -0.490 e. The first-order valence-corrected chi connectivity index (χ1v) is 9.46. The standard InChI is InChI=1S/C23H28N2O3/c1-22(2,3)16-9-7-15(8-10-16)20(26)24-17-11-12-19-18(13-17)25(6)21(27)23(4,5)14-28-19/h7-13H,14H2,1-6H3,(H,24,26). The summed E-state index contributed by atoms with van der Waals surface area (Å²) in [6.07, 6.45) is 0. The summed E-state index contributed by atoms with van der Waals surface area (Å²) in [6, 6.07) is 13.0. The first-order chi connectivity index (χ1) is 13.0. The Morgan fingerprint density at radius 3 is 2.36 bits per heavy atom. The second-order valence-electron chi connectivity index (χ2n) is 9.00. The number of rotatable bonds is 2. The summed E-state index contributed by atoms with van der Waals surface area (Å²) in [5.74, 6) is 0.422. The number of benzene rings is 2. The molecule has 0 radical (unpaired) electrons. The number of nitrogens with one attached hydrogen (secondary N) is 1. The zero-order valence-electron chi connectivity index (χ0n) is 17.4. The molecule has 0 unspecified atom stereocenters. The molecule has 0 bridgehead atoms. The molecule has 5 heteroatoms. The van der Waals surface area contributed by atoms with Crippen molar-refractivity contribution in [2.24, 2.45) is 5.41 Å². The van der Waals surface area contributed by atoms with Gasteiger partial charge in [-0.3, -0.25) is 9.59 Å². The van der Waals surface area contributed by atoms with Crippen LogP contribution in [0.1, 0.15) is 50.5 Å². The molecule has 0 fully saturated rings. The predicted molar refractivity (Wildman–Crippen MR) is 112 cm³/mol. The Morgan fingerprint density at radius 2 is 1.75 bits per heavy atom. The third-order valence-corrected chi connectivity index (χ3v) is 5.06. The van der Waals surface area contributed by atoms with Crippen molar-refractivity contribution in [2.75, 3.05) is 23.9 Å².